The smallest absolute Gasteiger partial charge is 0.249 e. The molecule has 2 aromatic rings. The highest BCUT2D eigenvalue weighted by molar-refractivity contribution is 7.81. The van der Waals surface area contributed by atoms with Crippen molar-refractivity contribution < 1.29 is 4.79 Å². The highest BCUT2D eigenvalue weighted by Gasteiger charge is 2.29. The Labute approximate surface area is 108 Å². The molecule has 1 fully saturated rings. The molecule has 0 aromatic carbocycles. The molecule has 2 aromatic heterocycles. The summed E-state index contributed by atoms with van der Waals surface area (Å²) in [6, 6.07) is 6.78. The van der Waals surface area contributed by atoms with E-state index >= 15 is 0 Å². The van der Waals surface area contributed by atoms with E-state index in [0.29, 0.717) is 24.4 Å². The lowest BCUT2D eigenvalue weighted by Crippen LogP contribution is -2.25. The number of carbonyl (C=O) groups is 1. The average Bonchev–Trinajstić information content (AvgIpc) is 2.67. The maximum absolute atomic E-state index is 11.8. The van der Waals surface area contributed by atoms with Crippen molar-refractivity contribution in [2.24, 2.45) is 0 Å². The van der Waals surface area contributed by atoms with Crippen molar-refractivity contribution in [1.29, 1.82) is 0 Å². The molecule has 1 atom stereocenters. The third-order valence-corrected chi connectivity index (χ3v) is 3.29. The van der Waals surface area contributed by atoms with E-state index in [-0.39, 0.29) is 16.7 Å². The number of carbonyl (C=O) groups excluding carboxylic acids is 1. The van der Waals surface area contributed by atoms with Crippen LogP contribution in [0.1, 0.15) is 6.42 Å². The van der Waals surface area contributed by atoms with Gasteiger partial charge in [-0.2, -0.15) is 12.6 Å². The molecule has 6 heteroatoms. The number of anilines is 1. The third kappa shape index (κ3) is 1.88. The van der Waals surface area contributed by atoms with E-state index < -0.39 is 0 Å². The van der Waals surface area contributed by atoms with Crippen LogP contribution >= 0.6 is 12.6 Å². The van der Waals surface area contributed by atoms with Crippen molar-refractivity contribution in [3.63, 3.8) is 0 Å². The van der Waals surface area contributed by atoms with Crippen molar-refractivity contribution in [3.8, 4) is 0 Å². The van der Waals surface area contributed by atoms with Crippen molar-refractivity contribution in [1.82, 2.24) is 9.97 Å². The minimum Gasteiger partial charge on any atom is -0.307 e. The Kier molecular flexibility index (Phi) is 2.59. The summed E-state index contributed by atoms with van der Waals surface area (Å²) in [6.45, 7) is 0.553. The number of H-pyrrole nitrogens is 1. The minimum absolute atomic E-state index is 0.0140. The number of aromatic nitrogens is 2. The van der Waals surface area contributed by atoms with E-state index in [2.05, 4.69) is 22.6 Å². The summed E-state index contributed by atoms with van der Waals surface area (Å²) in [5.74, 6) is 0.575. The van der Waals surface area contributed by atoms with Crippen molar-refractivity contribution in [3.05, 3.63) is 34.6 Å². The van der Waals surface area contributed by atoms with Crippen LogP contribution in [0.25, 0.3) is 11.0 Å². The Bertz CT molecular complexity index is 682. The molecule has 3 heterocycles. The topological polar surface area (TPSA) is 66.1 Å². The van der Waals surface area contributed by atoms with Crippen LogP contribution in [0.3, 0.4) is 0 Å². The van der Waals surface area contributed by atoms with Crippen LogP contribution in [0.4, 0.5) is 5.82 Å². The van der Waals surface area contributed by atoms with Gasteiger partial charge in [-0.05, 0) is 18.2 Å². The second-order valence-electron chi connectivity index (χ2n) is 4.29. The minimum atomic E-state index is -0.202. The Balaban J connectivity index is 2.08. The van der Waals surface area contributed by atoms with E-state index in [1.807, 2.05) is 6.07 Å². The molecule has 1 saturated heterocycles. The summed E-state index contributed by atoms with van der Waals surface area (Å²) >= 11 is 4.30. The number of thiol groups is 1. The number of nitrogens with one attached hydrogen (secondary N) is 1. The zero-order valence-electron chi connectivity index (χ0n) is 9.46. The van der Waals surface area contributed by atoms with E-state index in [9.17, 15) is 9.59 Å². The highest BCUT2D eigenvalue weighted by atomic mass is 32.1. The monoisotopic (exact) mass is 261 g/mol. The average molecular weight is 261 g/mol. The molecule has 0 saturated carbocycles. The third-order valence-electron chi connectivity index (χ3n) is 2.95. The number of fused-ring (bicyclic) bond motifs is 1. The van der Waals surface area contributed by atoms with Gasteiger partial charge in [0.1, 0.15) is 11.5 Å². The molecule has 18 heavy (non-hydrogen) atoms. The van der Waals surface area contributed by atoms with E-state index in [0.717, 1.165) is 5.39 Å². The second kappa shape index (κ2) is 4.13. The van der Waals surface area contributed by atoms with E-state index in [1.54, 1.807) is 17.0 Å². The van der Waals surface area contributed by atoms with Gasteiger partial charge in [-0.1, -0.05) is 0 Å². The zero-order chi connectivity index (χ0) is 12.7. The van der Waals surface area contributed by atoms with Crippen molar-refractivity contribution >= 4 is 35.4 Å². The van der Waals surface area contributed by atoms with Crippen LogP contribution in [0.15, 0.2) is 29.1 Å². The number of pyridine rings is 2. The normalized spacial score (nSPS) is 19.7. The van der Waals surface area contributed by atoms with Crippen LogP contribution in [0.2, 0.25) is 0 Å². The lowest BCUT2D eigenvalue weighted by molar-refractivity contribution is -0.117. The molecule has 0 bridgehead atoms. The zero-order valence-corrected chi connectivity index (χ0v) is 10.4. The van der Waals surface area contributed by atoms with Gasteiger partial charge in [0, 0.05) is 29.7 Å². The van der Waals surface area contributed by atoms with Gasteiger partial charge in [0.25, 0.3) is 0 Å². The van der Waals surface area contributed by atoms with Gasteiger partial charge in [0.05, 0.1) is 0 Å². The molecule has 1 unspecified atom stereocenters. The van der Waals surface area contributed by atoms with Crippen molar-refractivity contribution in [2.45, 2.75) is 11.7 Å². The number of nitrogens with zero attached hydrogens (tertiary/aromatic N) is 2. The molecule has 1 aliphatic heterocycles. The van der Waals surface area contributed by atoms with E-state index in [1.165, 1.54) is 6.07 Å². The Morgan fingerprint density at radius 1 is 1.28 bits per heavy atom. The number of amides is 1. The van der Waals surface area contributed by atoms with Crippen LogP contribution in [0, 0.1) is 0 Å². The summed E-state index contributed by atoms with van der Waals surface area (Å²) in [6.07, 6.45) is 0.425. The fraction of sp³-hybridized carbons (Fsp3) is 0.250. The summed E-state index contributed by atoms with van der Waals surface area (Å²) in [5.41, 5.74) is 0.294. The SMILES string of the molecule is O=C1CC(S)CN1c1ccc2ccc(=O)[nH]c2n1. The Hall–Kier alpha value is -1.82. The predicted molar refractivity (Wildman–Crippen MR) is 72.1 cm³/mol. The largest absolute Gasteiger partial charge is 0.307 e. The van der Waals surface area contributed by atoms with E-state index in [4.69, 9.17) is 0 Å². The second-order valence-corrected chi connectivity index (χ2v) is 5.02. The Morgan fingerprint density at radius 2 is 2.06 bits per heavy atom. The first-order valence-electron chi connectivity index (χ1n) is 5.62. The molecule has 92 valence electrons. The van der Waals surface area contributed by atoms with Gasteiger partial charge in [-0.3, -0.25) is 14.5 Å². The van der Waals surface area contributed by atoms with Gasteiger partial charge in [-0.25, -0.2) is 4.98 Å². The Morgan fingerprint density at radius 3 is 2.78 bits per heavy atom. The molecular weight excluding hydrogens is 250 g/mol. The molecule has 1 N–H and O–H groups in total. The van der Waals surface area contributed by atoms with Crippen LogP contribution in [-0.4, -0.2) is 27.7 Å². The lowest BCUT2D eigenvalue weighted by atomic mass is 10.3. The van der Waals surface area contributed by atoms with Gasteiger partial charge in [-0.15, -0.1) is 0 Å². The summed E-state index contributed by atoms with van der Waals surface area (Å²) < 4.78 is 0. The molecule has 1 aliphatic rings. The first-order chi connectivity index (χ1) is 8.63. The maximum atomic E-state index is 11.8. The summed E-state index contributed by atoms with van der Waals surface area (Å²) in [4.78, 5) is 31.6. The predicted octanol–water partition coefficient (Wildman–Crippen LogP) is 0.958. The maximum Gasteiger partial charge on any atom is 0.249 e. The molecule has 0 spiro atoms. The number of hydrogen-bond donors (Lipinski definition) is 2. The fourth-order valence-electron chi connectivity index (χ4n) is 2.08. The van der Waals surface area contributed by atoms with Gasteiger partial charge < -0.3 is 4.98 Å². The molecule has 1 amide bonds. The molecule has 3 rings (SSSR count). The lowest BCUT2D eigenvalue weighted by Gasteiger charge is -2.14. The highest BCUT2D eigenvalue weighted by Crippen LogP contribution is 2.23. The van der Waals surface area contributed by atoms with Crippen LogP contribution in [0.5, 0.6) is 0 Å². The first-order valence-corrected chi connectivity index (χ1v) is 6.13. The summed E-state index contributed by atoms with van der Waals surface area (Å²) in [5, 5.41) is 0.886. The quantitative estimate of drug-likeness (QED) is 0.751. The van der Waals surface area contributed by atoms with Gasteiger partial charge in [0.15, 0.2) is 0 Å². The molecule has 0 aliphatic carbocycles. The molecular formula is C12H11N3O2S. The van der Waals surface area contributed by atoms with Crippen LogP contribution < -0.4 is 10.5 Å². The standard InChI is InChI=1S/C12H11N3O2S/c16-10-4-2-7-1-3-9(13-12(7)14-10)15-6-8(18)5-11(15)17/h1-4,8,18H,5-6H2,(H,13,14,16). The number of hydrogen-bond acceptors (Lipinski definition) is 4. The summed E-state index contributed by atoms with van der Waals surface area (Å²) in [7, 11) is 0. The fourth-order valence-corrected chi connectivity index (χ4v) is 2.40. The number of aromatic amines is 1. The van der Waals surface area contributed by atoms with Crippen molar-refractivity contribution in [2.75, 3.05) is 11.4 Å². The number of rotatable bonds is 1. The molecule has 0 radical (unpaired) electrons. The first kappa shape index (κ1) is 11.3. The van der Waals surface area contributed by atoms with Gasteiger partial charge >= 0.3 is 0 Å². The molecule has 5 nitrogen and oxygen atoms in total. The van der Waals surface area contributed by atoms with Crippen LogP contribution in [-0.2, 0) is 4.79 Å². The van der Waals surface area contributed by atoms with Gasteiger partial charge in [0.2, 0.25) is 11.5 Å².